The summed E-state index contributed by atoms with van der Waals surface area (Å²) >= 11 is 11.3. The van der Waals surface area contributed by atoms with Crippen LogP contribution in [0.2, 0.25) is 5.02 Å². The lowest BCUT2D eigenvalue weighted by Crippen LogP contribution is -2.19. The number of carboxylic acid groups (broad SMARTS) is 1. The highest BCUT2D eigenvalue weighted by Gasteiger charge is 2.04. The number of aliphatic carboxylic acids is 1. The predicted molar refractivity (Wildman–Crippen MR) is 94.4 cm³/mol. The maximum atomic E-state index is 10.5. The number of thiocarbonyl (C=S) groups is 1. The van der Waals surface area contributed by atoms with E-state index in [1.54, 1.807) is 18.2 Å². The third-order valence-electron chi connectivity index (χ3n) is 2.69. The molecule has 0 fully saturated rings. The van der Waals surface area contributed by atoms with Gasteiger partial charge in [-0.15, -0.1) is 0 Å². The third-order valence-corrected chi connectivity index (χ3v) is 3.22. The highest BCUT2D eigenvalue weighted by Crippen LogP contribution is 2.24. The zero-order chi connectivity index (χ0) is 15.9. The summed E-state index contributed by atoms with van der Waals surface area (Å²) in [5, 5.41) is 15.6. The average molecular weight is 333 g/mol. The predicted octanol–water partition coefficient (Wildman–Crippen LogP) is 4.25. The quantitative estimate of drug-likeness (QED) is 0.577. The minimum atomic E-state index is -1.01. The molecule has 0 unspecified atom stereocenters. The van der Waals surface area contributed by atoms with E-state index in [0.29, 0.717) is 21.4 Å². The van der Waals surface area contributed by atoms with E-state index in [9.17, 15) is 4.79 Å². The van der Waals surface area contributed by atoms with Crippen molar-refractivity contribution >= 4 is 52.4 Å². The Morgan fingerprint density at radius 3 is 2.55 bits per heavy atom. The van der Waals surface area contributed by atoms with Gasteiger partial charge in [-0.3, -0.25) is 0 Å². The summed E-state index contributed by atoms with van der Waals surface area (Å²) in [6.07, 6.45) is 2.55. The summed E-state index contributed by atoms with van der Waals surface area (Å²) in [6.45, 7) is 0. The Morgan fingerprint density at radius 1 is 1.14 bits per heavy atom. The van der Waals surface area contributed by atoms with Gasteiger partial charge in [0.15, 0.2) is 5.11 Å². The molecule has 0 bridgehead atoms. The molecular weight excluding hydrogens is 320 g/mol. The van der Waals surface area contributed by atoms with E-state index >= 15 is 0 Å². The van der Waals surface area contributed by atoms with Gasteiger partial charge in [0.05, 0.1) is 10.7 Å². The zero-order valence-corrected chi connectivity index (χ0v) is 13.0. The fraction of sp³-hybridized carbons (Fsp3) is 0. The van der Waals surface area contributed by atoms with Crippen molar-refractivity contribution in [2.24, 2.45) is 0 Å². The molecule has 0 spiro atoms. The molecule has 2 rings (SSSR count). The molecule has 0 aliphatic rings. The highest BCUT2D eigenvalue weighted by molar-refractivity contribution is 7.80. The molecule has 0 saturated carbocycles. The Morgan fingerprint density at radius 2 is 1.86 bits per heavy atom. The smallest absolute Gasteiger partial charge is 0.328 e. The van der Waals surface area contributed by atoms with Gasteiger partial charge in [0.1, 0.15) is 0 Å². The molecule has 2 aromatic carbocycles. The molecule has 0 amide bonds. The van der Waals surface area contributed by atoms with E-state index in [1.165, 1.54) is 6.08 Å². The number of benzene rings is 2. The summed E-state index contributed by atoms with van der Waals surface area (Å²) in [6, 6.07) is 14.6. The van der Waals surface area contributed by atoms with Crippen LogP contribution in [0.1, 0.15) is 5.56 Å². The van der Waals surface area contributed by atoms with E-state index in [-0.39, 0.29) is 0 Å². The van der Waals surface area contributed by atoms with Crippen LogP contribution in [0.3, 0.4) is 0 Å². The Balaban J connectivity index is 2.09. The van der Waals surface area contributed by atoms with Crippen molar-refractivity contribution in [1.82, 2.24) is 0 Å². The molecule has 112 valence electrons. The van der Waals surface area contributed by atoms with Crippen molar-refractivity contribution in [3.63, 3.8) is 0 Å². The van der Waals surface area contributed by atoms with Gasteiger partial charge in [0, 0.05) is 11.8 Å². The number of anilines is 2. The first-order chi connectivity index (χ1) is 10.5. The van der Waals surface area contributed by atoms with Crippen LogP contribution in [0.5, 0.6) is 0 Å². The lowest BCUT2D eigenvalue weighted by atomic mass is 10.2. The van der Waals surface area contributed by atoms with Gasteiger partial charge in [-0.2, -0.15) is 0 Å². The van der Waals surface area contributed by atoms with E-state index in [0.717, 1.165) is 11.8 Å². The van der Waals surface area contributed by atoms with Crippen LogP contribution in [0.15, 0.2) is 54.6 Å². The Kier molecular flexibility index (Phi) is 5.52. The van der Waals surface area contributed by atoms with E-state index in [2.05, 4.69) is 10.6 Å². The summed E-state index contributed by atoms with van der Waals surface area (Å²) < 4.78 is 0. The Labute approximate surface area is 138 Å². The molecular formula is C16H13ClN2O2S. The second-order valence-electron chi connectivity index (χ2n) is 4.36. The van der Waals surface area contributed by atoms with Crippen LogP contribution in [-0.2, 0) is 4.79 Å². The largest absolute Gasteiger partial charge is 0.478 e. The standard InChI is InChI=1S/C16H13ClN2O2S/c17-13-8-6-11(7-9-15(20)21)10-14(13)19-16(22)18-12-4-2-1-3-5-12/h1-10H,(H,20,21)(H2,18,19,22)/b9-7+. The molecule has 6 heteroatoms. The molecule has 22 heavy (non-hydrogen) atoms. The van der Waals surface area contributed by atoms with Crippen molar-refractivity contribution in [2.75, 3.05) is 10.6 Å². The lowest BCUT2D eigenvalue weighted by molar-refractivity contribution is -0.131. The van der Waals surface area contributed by atoms with Gasteiger partial charge in [0.2, 0.25) is 0 Å². The van der Waals surface area contributed by atoms with Crippen LogP contribution in [0, 0.1) is 0 Å². The van der Waals surface area contributed by atoms with Crippen molar-refractivity contribution in [3.05, 3.63) is 65.2 Å². The lowest BCUT2D eigenvalue weighted by Gasteiger charge is -2.12. The van der Waals surface area contributed by atoms with Crippen molar-refractivity contribution in [3.8, 4) is 0 Å². The SMILES string of the molecule is O=C(O)/C=C/c1ccc(Cl)c(NC(=S)Nc2ccccc2)c1. The first-order valence-electron chi connectivity index (χ1n) is 6.38. The van der Waals surface area contributed by atoms with E-state index in [4.69, 9.17) is 28.9 Å². The van der Waals surface area contributed by atoms with Gasteiger partial charge < -0.3 is 15.7 Å². The van der Waals surface area contributed by atoms with Gasteiger partial charge in [0.25, 0.3) is 0 Å². The first-order valence-corrected chi connectivity index (χ1v) is 7.17. The van der Waals surface area contributed by atoms with E-state index < -0.39 is 5.97 Å². The molecule has 4 nitrogen and oxygen atoms in total. The molecule has 0 saturated heterocycles. The van der Waals surface area contributed by atoms with Gasteiger partial charge in [-0.25, -0.2) is 4.79 Å². The van der Waals surface area contributed by atoms with Crippen LogP contribution < -0.4 is 10.6 Å². The maximum absolute atomic E-state index is 10.5. The number of carboxylic acids is 1. The van der Waals surface area contributed by atoms with Gasteiger partial charge >= 0.3 is 5.97 Å². The fourth-order valence-electron chi connectivity index (χ4n) is 1.72. The summed E-state index contributed by atoms with van der Waals surface area (Å²) in [5.74, 6) is -1.01. The molecule has 0 heterocycles. The average Bonchev–Trinajstić information content (AvgIpc) is 2.49. The minimum absolute atomic E-state index is 0.396. The molecule has 3 N–H and O–H groups in total. The number of halogens is 1. The van der Waals surface area contributed by atoms with Gasteiger partial charge in [-0.05, 0) is 48.1 Å². The number of hydrogen-bond acceptors (Lipinski definition) is 2. The van der Waals surface area contributed by atoms with Crippen LogP contribution in [0.4, 0.5) is 11.4 Å². The number of hydrogen-bond donors (Lipinski definition) is 3. The summed E-state index contributed by atoms with van der Waals surface area (Å²) in [4.78, 5) is 10.5. The Bertz CT molecular complexity index is 717. The molecule has 2 aromatic rings. The molecule has 0 aliphatic heterocycles. The van der Waals surface area contributed by atoms with Crippen LogP contribution in [-0.4, -0.2) is 16.2 Å². The number of nitrogens with one attached hydrogen (secondary N) is 2. The summed E-state index contributed by atoms with van der Waals surface area (Å²) in [5.41, 5.74) is 2.16. The number of rotatable bonds is 4. The molecule has 0 radical (unpaired) electrons. The van der Waals surface area contributed by atoms with Crippen LogP contribution >= 0.6 is 23.8 Å². The van der Waals surface area contributed by atoms with E-state index in [1.807, 2.05) is 30.3 Å². The molecule has 0 aromatic heterocycles. The second-order valence-corrected chi connectivity index (χ2v) is 5.17. The van der Waals surface area contributed by atoms with Crippen molar-refractivity contribution < 1.29 is 9.90 Å². The summed E-state index contributed by atoms with van der Waals surface area (Å²) in [7, 11) is 0. The first kappa shape index (κ1) is 16.0. The highest BCUT2D eigenvalue weighted by atomic mass is 35.5. The van der Waals surface area contributed by atoms with Crippen molar-refractivity contribution in [1.29, 1.82) is 0 Å². The normalized spacial score (nSPS) is 10.4. The number of carbonyl (C=O) groups is 1. The Hall–Kier alpha value is -2.37. The topological polar surface area (TPSA) is 61.4 Å². The fourth-order valence-corrected chi connectivity index (χ4v) is 2.11. The second kappa shape index (κ2) is 7.59. The maximum Gasteiger partial charge on any atom is 0.328 e. The molecule has 0 aliphatic carbocycles. The molecule has 0 atom stereocenters. The minimum Gasteiger partial charge on any atom is -0.478 e. The van der Waals surface area contributed by atoms with Gasteiger partial charge in [-0.1, -0.05) is 35.9 Å². The van der Waals surface area contributed by atoms with Crippen LogP contribution in [0.25, 0.3) is 6.08 Å². The zero-order valence-electron chi connectivity index (χ0n) is 11.4. The monoisotopic (exact) mass is 332 g/mol. The third kappa shape index (κ3) is 4.87. The number of para-hydroxylation sites is 1. The van der Waals surface area contributed by atoms with Crippen molar-refractivity contribution in [2.45, 2.75) is 0 Å².